The largest absolute Gasteiger partial charge is 0.445 e. The Morgan fingerprint density at radius 3 is 1.64 bits per heavy atom. The molecular formula is C27H21F12N3O3. The third kappa shape index (κ3) is 8.01. The molecule has 1 N–H and O–H groups in total. The number of hydrogen-bond donors (Lipinski definition) is 1. The second-order valence-electron chi connectivity index (χ2n) is 10.1. The molecule has 18 heteroatoms. The average molecular weight is 663 g/mol. The standard InChI is InChI=1S/C27H21F12N3O3/c28-24(29,30)16-4-14(5-17(9-16)25(31,32)33)8-21-22-11-20(12-43)40-42(22)3-1-2-41(21)23(44)45-13-15-6-18(26(34,35)36)10-19(7-15)27(37,38)39/h4-7,9-11,21,43H,1-3,8,12-13H2. The molecule has 0 fully saturated rings. The van der Waals surface area contributed by atoms with Gasteiger partial charge in [-0.25, -0.2) is 4.79 Å². The van der Waals surface area contributed by atoms with E-state index in [0.717, 1.165) is 4.90 Å². The van der Waals surface area contributed by atoms with Gasteiger partial charge in [0.25, 0.3) is 0 Å². The molecular weight excluding hydrogens is 642 g/mol. The summed E-state index contributed by atoms with van der Waals surface area (Å²) >= 11 is 0. The summed E-state index contributed by atoms with van der Waals surface area (Å²) in [5, 5.41) is 13.6. The highest BCUT2D eigenvalue weighted by Crippen LogP contribution is 2.39. The minimum Gasteiger partial charge on any atom is -0.445 e. The molecule has 1 unspecified atom stereocenters. The third-order valence-electron chi connectivity index (χ3n) is 6.83. The van der Waals surface area contributed by atoms with Crippen molar-refractivity contribution in [2.45, 2.75) is 63.3 Å². The van der Waals surface area contributed by atoms with Gasteiger partial charge in [0.05, 0.1) is 46.3 Å². The van der Waals surface area contributed by atoms with Gasteiger partial charge in [0.15, 0.2) is 0 Å². The Morgan fingerprint density at radius 2 is 1.20 bits per heavy atom. The molecule has 0 spiro atoms. The van der Waals surface area contributed by atoms with Crippen molar-refractivity contribution in [2.24, 2.45) is 0 Å². The van der Waals surface area contributed by atoms with E-state index in [0.29, 0.717) is 24.3 Å². The van der Waals surface area contributed by atoms with Crippen molar-refractivity contribution in [3.63, 3.8) is 0 Å². The molecule has 1 amide bonds. The molecule has 1 aromatic heterocycles. The number of aliphatic hydroxyl groups excluding tert-OH is 1. The van der Waals surface area contributed by atoms with Crippen LogP contribution in [0.4, 0.5) is 57.5 Å². The summed E-state index contributed by atoms with van der Waals surface area (Å²) in [4.78, 5) is 14.1. The van der Waals surface area contributed by atoms with Crippen LogP contribution in [0.1, 0.15) is 57.2 Å². The fourth-order valence-electron chi connectivity index (χ4n) is 4.84. The number of aromatic nitrogens is 2. The van der Waals surface area contributed by atoms with Crippen LogP contribution >= 0.6 is 0 Å². The van der Waals surface area contributed by atoms with Crippen LogP contribution in [0, 0.1) is 0 Å². The van der Waals surface area contributed by atoms with E-state index in [4.69, 9.17) is 4.74 Å². The molecule has 2 aromatic carbocycles. The molecule has 3 aromatic rings. The maximum Gasteiger partial charge on any atom is 0.416 e. The van der Waals surface area contributed by atoms with Gasteiger partial charge in [-0.2, -0.15) is 57.8 Å². The van der Waals surface area contributed by atoms with Gasteiger partial charge in [0.1, 0.15) is 6.61 Å². The number of aryl methyl sites for hydroxylation is 1. The molecule has 0 bridgehead atoms. The van der Waals surface area contributed by atoms with Crippen LogP contribution in [0.3, 0.4) is 0 Å². The van der Waals surface area contributed by atoms with E-state index >= 15 is 0 Å². The lowest BCUT2D eigenvalue weighted by Crippen LogP contribution is -2.36. The Morgan fingerprint density at radius 1 is 0.733 bits per heavy atom. The van der Waals surface area contributed by atoms with Crippen molar-refractivity contribution < 1.29 is 67.3 Å². The SMILES string of the molecule is O=C(OCc1cc(C(F)(F)F)cc(C(F)(F)F)c1)N1CCCn2nc(CO)cc2C1Cc1cc(C(F)(F)F)cc(C(F)(F)F)c1. The first kappa shape index (κ1) is 33.9. The second kappa shape index (κ2) is 12.1. The molecule has 45 heavy (non-hydrogen) atoms. The fourth-order valence-corrected chi connectivity index (χ4v) is 4.84. The molecule has 0 saturated carbocycles. The predicted molar refractivity (Wildman–Crippen MR) is 129 cm³/mol. The van der Waals surface area contributed by atoms with Crippen molar-refractivity contribution in [3.05, 3.63) is 87.2 Å². The number of carbonyl (C=O) groups is 1. The summed E-state index contributed by atoms with van der Waals surface area (Å²) in [6.07, 6.45) is -22.6. The highest BCUT2D eigenvalue weighted by atomic mass is 19.4. The van der Waals surface area contributed by atoms with Gasteiger partial charge in [-0.05, 0) is 66.4 Å². The summed E-state index contributed by atoms with van der Waals surface area (Å²) < 4.78 is 167. The maximum atomic E-state index is 13.5. The summed E-state index contributed by atoms with van der Waals surface area (Å²) in [5.74, 6) is 0. The van der Waals surface area contributed by atoms with E-state index in [9.17, 15) is 62.6 Å². The fraction of sp³-hybridized carbons (Fsp3) is 0.407. The summed E-state index contributed by atoms with van der Waals surface area (Å²) in [7, 11) is 0. The van der Waals surface area contributed by atoms with Crippen LogP contribution in [0.25, 0.3) is 0 Å². The topological polar surface area (TPSA) is 67.6 Å². The van der Waals surface area contributed by atoms with Gasteiger partial charge in [-0.3, -0.25) is 9.58 Å². The molecule has 0 saturated heterocycles. The van der Waals surface area contributed by atoms with Gasteiger partial charge in [-0.1, -0.05) is 0 Å². The van der Waals surface area contributed by atoms with Gasteiger partial charge in [-0.15, -0.1) is 0 Å². The summed E-state index contributed by atoms with van der Waals surface area (Å²) in [6.45, 7) is -1.86. The third-order valence-corrected chi connectivity index (χ3v) is 6.83. The Bertz CT molecular complexity index is 1480. The number of halogens is 12. The first-order chi connectivity index (χ1) is 20.7. The number of amides is 1. The number of nitrogens with zero attached hydrogens (tertiary/aromatic N) is 3. The number of carbonyl (C=O) groups excluding carboxylic acids is 1. The summed E-state index contributed by atoms with van der Waals surface area (Å²) in [6, 6.07) is 1.28. The predicted octanol–water partition coefficient (Wildman–Crippen LogP) is 7.78. The van der Waals surface area contributed by atoms with Crippen LogP contribution < -0.4 is 0 Å². The van der Waals surface area contributed by atoms with Crippen LogP contribution in [-0.4, -0.2) is 32.4 Å². The Hall–Kier alpha value is -3.96. The van der Waals surface area contributed by atoms with Gasteiger partial charge in [0.2, 0.25) is 0 Å². The number of hydrogen-bond acceptors (Lipinski definition) is 4. The lowest BCUT2D eigenvalue weighted by atomic mass is 9.97. The zero-order valence-corrected chi connectivity index (χ0v) is 22.5. The van der Waals surface area contributed by atoms with E-state index in [2.05, 4.69) is 5.10 Å². The van der Waals surface area contributed by atoms with E-state index in [1.54, 1.807) is 0 Å². The second-order valence-corrected chi connectivity index (χ2v) is 10.1. The van der Waals surface area contributed by atoms with E-state index in [1.807, 2.05) is 0 Å². The number of alkyl halides is 12. The first-order valence-corrected chi connectivity index (χ1v) is 12.8. The Kier molecular flexibility index (Phi) is 9.12. The number of rotatable bonds is 5. The van der Waals surface area contributed by atoms with Crippen molar-refractivity contribution >= 4 is 6.09 Å². The molecule has 0 aliphatic carbocycles. The van der Waals surface area contributed by atoms with Gasteiger partial charge < -0.3 is 9.84 Å². The summed E-state index contributed by atoms with van der Waals surface area (Å²) in [5.41, 5.74) is -7.63. The number of fused-ring (bicyclic) bond motifs is 1. The highest BCUT2D eigenvalue weighted by Gasteiger charge is 2.40. The van der Waals surface area contributed by atoms with Crippen molar-refractivity contribution in [1.82, 2.24) is 14.7 Å². The number of benzene rings is 2. The average Bonchev–Trinajstić information content (AvgIpc) is 3.26. The van der Waals surface area contributed by atoms with Crippen LogP contribution in [-0.2, 0) is 55.6 Å². The zero-order valence-electron chi connectivity index (χ0n) is 22.5. The van der Waals surface area contributed by atoms with E-state index < -0.39 is 89.9 Å². The lowest BCUT2D eigenvalue weighted by molar-refractivity contribution is -0.144. The van der Waals surface area contributed by atoms with Crippen LogP contribution in [0.5, 0.6) is 0 Å². The van der Waals surface area contributed by atoms with Gasteiger partial charge >= 0.3 is 30.8 Å². The van der Waals surface area contributed by atoms with E-state index in [1.165, 1.54) is 10.7 Å². The Balaban J connectivity index is 1.71. The minimum atomic E-state index is -5.18. The molecule has 4 rings (SSSR count). The zero-order chi connectivity index (χ0) is 33.5. The van der Waals surface area contributed by atoms with Crippen molar-refractivity contribution in [1.29, 1.82) is 0 Å². The lowest BCUT2D eigenvalue weighted by Gasteiger charge is -2.30. The minimum absolute atomic E-state index is 0.0499. The molecule has 1 aliphatic heterocycles. The molecule has 1 atom stereocenters. The quantitative estimate of drug-likeness (QED) is 0.284. The van der Waals surface area contributed by atoms with Crippen LogP contribution in [0.2, 0.25) is 0 Å². The molecule has 6 nitrogen and oxygen atoms in total. The number of aliphatic hydroxyl groups is 1. The van der Waals surface area contributed by atoms with Crippen LogP contribution in [0.15, 0.2) is 42.5 Å². The molecule has 1 aliphatic rings. The maximum absolute atomic E-state index is 13.5. The normalized spacial score (nSPS) is 16.4. The molecule has 2 heterocycles. The highest BCUT2D eigenvalue weighted by molar-refractivity contribution is 5.68. The monoisotopic (exact) mass is 663 g/mol. The van der Waals surface area contributed by atoms with Crippen molar-refractivity contribution in [3.8, 4) is 0 Å². The smallest absolute Gasteiger partial charge is 0.416 e. The molecule has 246 valence electrons. The molecule has 0 radical (unpaired) electrons. The van der Waals surface area contributed by atoms with Gasteiger partial charge in [0, 0.05) is 13.1 Å². The van der Waals surface area contributed by atoms with E-state index in [-0.39, 0.29) is 43.0 Å². The Labute approximate surface area is 245 Å². The first-order valence-electron chi connectivity index (χ1n) is 12.8. The van der Waals surface area contributed by atoms with Crippen molar-refractivity contribution in [2.75, 3.05) is 6.54 Å². The number of ether oxygens (including phenoxy) is 1.